The molecule has 0 amide bonds. The van der Waals surface area contributed by atoms with Crippen molar-refractivity contribution in [3.63, 3.8) is 0 Å². The number of nitrogens with one attached hydrogen (secondary N) is 1. The average Bonchev–Trinajstić information content (AvgIpc) is 2.81. The molecule has 1 atom stereocenters. The molecule has 0 bridgehead atoms. The maximum absolute atomic E-state index is 14.3. The van der Waals surface area contributed by atoms with E-state index in [1.807, 2.05) is 6.92 Å². The van der Waals surface area contributed by atoms with Gasteiger partial charge in [-0.05, 0) is 56.6 Å². The molecule has 6 heteroatoms. The molecule has 2 rings (SSSR count). The lowest BCUT2D eigenvalue weighted by molar-refractivity contribution is 0.429. The van der Waals surface area contributed by atoms with Gasteiger partial charge in [0.2, 0.25) is 0 Å². The van der Waals surface area contributed by atoms with Gasteiger partial charge < -0.3 is 9.73 Å². The van der Waals surface area contributed by atoms with Crippen LogP contribution in [0.1, 0.15) is 24.3 Å². The molecule has 2 nitrogen and oxygen atoms in total. The van der Waals surface area contributed by atoms with E-state index in [2.05, 4.69) is 37.2 Å². The largest absolute Gasteiger partial charge is 0.452 e. The van der Waals surface area contributed by atoms with Gasteiger partial charge in [0.1, 0.15) is 11.6 Å². The van der Waals surface area contributed by atoms with Gasteiger partial charge in [-0.2, -0.15) is 0 Å². The second-order valence-electron chi connectivity index (χ2n) is 3.90. The summed E-state index contributed by atoms with van der Waals surface area (Å²) in [5, 5.41) is 3.26. The molecule has 0 aliphatic heterocycles. The van der Waals surface area contributed by atoms with E-state index < -0.39 is 5.82 Å². The van der Waals surface area contributed by atoms with Crippen LogP contribution in [0, 0.1) is 5.82 Å². The summed E-state index contributed by atoms with van der Waals surface area (Å²) in [4.78, 5) is 0. The van der Waals surface area contributed by atoms with E-state index in [0.717, 1.165) is 0 Å². The zero-order chi connectivity index (χ0) is 14.0. The summed E-state index contributed by atoms with van der Waals surface area (Å²) < 4.78 is 20.9. The summed E-state index contributed by atoms with van der Waals surface area (Å²) in [6.07, 6.45) is 0. The molecule has 2 aromatic rings. The Balaban J connectivity index is 2.48. The number of halogens is 4. The first kappa shape index (κ1) is 15.0. The Hall–Kier alpha value is -0.360. The Morgan fingerprint density at radius 3 is 2.63 bits per heavy atom. The van der Waals surface area contributed by atoms with E-state index in [0.29, 0.717) is 27.0 Å². The number of benzene rings is 1. The van der Waals surface area contributed by atoms with Crippen LogP contribution in [0.25, 0.3) is 0 Å². The van der Waals surface area contributed by atoms with E-state index in [1.165, 1.54) is 0 Å². The van der Waals surface area contributed by atoms with Crippen LogP contribution in [0.2, 0.25) is 5.02 Å². The van der Waals surface area contributed by atoms with Crippen molar-refractivity contribution in [1.29, 1.82) is 0 Å². The highest BCUT2D eigenvalue weighted by Gasteiger charge is 2.22. The highest BCUT2D eigenvalue weighted by Crippen LogP contribution is 2.34. The number of hydrogen-bond donors (Lipinski definition) is 1. The summed E-state index contributed by atoms with van der Waals surface area (Å²) in [6, 6.07) is 6.62. The summed E-state index contributed by atoms with van der Waals surface area (Å²) in [6.45, 7) is 2.62. The van der Waals surface area contributed by atoms with Gasteiger partial charge in [0, 0.05) is 10.0 Å². The van der Waals surface area contributed by atoms with Crippen molar-refractivity contribution in [1.82, 2.24) is 5.32 Å². The van der Waals surface area contributed by atoms with Crippen molar-refractivity contribution in [2.45, 2.75) is 13.0 Å². The maximum Gasteiger partial charge on any atom is 0.169 e. The third-order valence-corrected chi connectivity index (χ3v) is 4.35. The molecule has 0 saturated carbocycles. The van der Waals surface area contributed by atoms with Crippen molar-refractivity contribution in [3.05, 3.63) is 55.6 Å². The fraction of sp³-hybridized carbons (Fsp3) is 0.231. The lowest BCUT2D eigenvalue weighted by Crippen LogP contribution is -2.22. The Morgan fingerprint density at radius 1 is 1.32 bits per heavy atom. The molecule has 0 fully saturated rings. The minimum Gasteiger partial charge on any atom is -0.452 e. The Labute approximate surface area is 132 Å². The molecule has 19 heavy (non-hydrogen) atoms. The summed E-state index contributed by atoms with van der Waals surface area (Å²) in [7, 11) is 0. The number of rotatable bonds is 4. The molecule has 0 saturated heterocycles. The molecule has 102 valence electrons. The van der Waals surface area contributed by atoms with Crippen molar-refractivity contribution in [3.8, 4) is 0 Å². The van der Waals surface area contributed by atoms with Crippen LogP contribution < -0.4 is 5.32 Å². The molecule has 1 aromatic heterocycles. The first-order valence-electron chi connectivity index (χ1n) is 5.66. The van der Waals surface area contributed by atoms with Gasteiger partial charge in [0.15, 0.2) is 4.67 Å². The average molecular weight is 411 g/mol. The van der Waals surface area contributed by atoms with E-state index in [1.54, 1.807) is 24.3 Å². The quantitative estimate of drug-likeness (QED) is 0.691. The lowest BCUT2D eigenvalue weighted by Gasteiger charge is -2.17. The summed E-state index contributed by atoms with van der Waals surface area (Å²) in [5.74, 6) is 0.181. The van der Waals surface area contributed by atoms with Gasteiger partial charge in [-0.15, -0.1) is 0 Å². The fourth-order valence-corrected chi connectivity index (χ4v) is 2.61. The van der Waals surface area contributed by atoms with Gasteiger partial charge in [0.05, 0.1) is 11.1 Å². The van der Waals surface area contributed by atoms with E-state index in [9.17, 15) is 4.39 Å². The predicted octanol–water partition coefficient (Wildman–Crippen LogP) is 5.30. The first-order valence-corrected chi connectivity index (χ1v) is 7.63. The van der Waals surface area contributed by atoms with Crippen molar-refractivity contribution in [2.24, 2.45) is 0 Å². The van der Waals surface area contributed by atoms with Crippen LogP contribution in [0.5, 0.6) is 0 Å². The van der Waals surface area contributed by atoms with Crippen molar-refractivity contribution in [2.75, 3.05) is 6.54 Å². The van der Waals surface area contributed by atoms with Crippen molar-refractivity contribution < 1.29 is 8.81 Å². The molecule has 1 heterocycles. The molecule has 0 radical (unpaired) electrons. The normalized spacial score (nSPS) is 12.7. The molecule has 0 aliphatic carbocycles. The summed E-state index contributed by atoms with van der Waals surface area (Å²) >= 11 is 12.4. The fourth-order valence-electron chi connectivity index (χ4n) is 1.82. The Bertz CT molecular complexity index is 588. The minimum atomic E-state index is -0.450. The molecular weight excluding hydrogens is 400 g/mol. The minimum absolute atomic E-state index is 0.0750. The number of furan rings is 1. The van der Waals surface area contributed by atoms with Crippen LogP contribution in [-0.2, 0) is 0 Å². The molecule has 0 spiro atoms. The zero-order valence-corrected chi connectivity index (χ0v) is 13.9. The Kier molecular flexibility index (Phi) is 5.06. The molecular formula is C13H11Br2ClFNO. The smallest absolute Gasteiger partial charge is 0.169 e. The maximum atomic E-state index is 14.3. The van der Waals surface area contributed by atoms with Gasteiger partial charge >= 0.3 is 0 Å². The highest BCUT2D eigenvalue weighted by atomic mass is 79.9. The van der Waals surface area contributed by atoms with E-state index in [4.69, 9.17) is 16.0 Å². The van der Waals surface area contributed by atoms with Crippen LogP contribution in [0.15, 0.2) is 37.8 Å². The predicted molar refractivity (Wildman–Crippen MR) is 81.0 cm³/mol. The van der Waals surface area contributed by atoms with Gasteiger partial charge in [-0.1, -0.05) is 24.6 Å². The highest BCUT2D eigenvalue weighted by molar-refractivity contribution is 9.10. The lowest BCUT2D eigenvalue weighted by atomic mass is 10.0. The van der Waals surface area contributed by atoms with Gasteiger partial charge in [-0.25, -0.2) is 4.39 Å². The van der Waals surface area contributed by atoms with Crippen molar-refractivity contribution >= 4 is 43.5 Å². The van der Waals surface area contributed by atoms with Crippen LogP contribution in [0.3, 0.4) is 0 Å². The third kappa shape index (κ3) is 3.21. The third-order valence-electron chi connectivity index (χ3n) is 2.66. The van der Waals surface area contributed by atoms with E-state index in [-0.39, 0.29) is 11.1 Å². The van der Waals surface area contributed by atoms with Gasteiger partial charge in [-0.3, -0.25) is 0 Å². The SMILES string of the molecule is CCNC(c1ccc(Br)o1)c1ccc(Br)c(Cl)c1F. The second kappa shape index (κ2) is 6.39. The zero-order valence-electron chi connectivity index (χ0n) is 10.0. The van der Waals surface area contributed by atoms with Gasteiger partial charge in [0.25, 0.3) is 0 Å². The summed E-state index contributed by atoms with van der Waals surface area (Å²) in [5.41, 5.74) is 0.455. The standard InChI is InChI=1S/C13H11Br2ClFNO/c1-2-18-13(9-5-6-10(15)19-9)7-3-4-8(14)11(16)12(7)17/h3-6,13,18H,2H2,1H3. The molecule has 1 aromatic carbocycles. The topological polar surface area (TPSA) is 25.2 Å². The molecule has 1 N–H and O–H groups in total. The monoisotopic (exact) mass is 409 g/mol. The first-order chi connectivity index (χ1) is 9.04. The Morgan fingerprint density at radius 2 is 2.05 bits per heavy atom. The van der Waals surface area contributed by atoms with Crippen LogP contribution in [-0.4, -0.2) is 6.54 Å². The molecule has 0 aliphatic rings. The molecule has 1 unspecified atom stereocenters. The second-order valence-corrected chi connectivity index (χ2v) is 5.91. The van der Waals surface area contributed by atoms with Crippen LogP contribution in [0.4, 0.5) is 4.39 Å². The number of hydrogen-bond acceptors (Lipinski definition) is 2. The van der Waals surface area contributed by atoms with Crippen LogP contribution >= 0.6 is 43.5 Å². The van der Waals surface area contributed by atoms with E-state index >= 15 is 0 Å².